The molecule has 0 saturated carbocycles. The van der Waals surface area contributed by atoms with E-state index in [0.29, 0.717) is 10.4 Å². The van der Waals surface area contributed by atoms with Crippen LogP contribution in [-0.2, 0) is 21.0 Å². The molecule has 0 aliphatic rings. The highest BCUT2D eigenvalue weighted by atomic mass is 35.5. The van der Waals surface area contributed by atoms with E-state index in [-0.39, 0.29) is 5.02 Å². The van der Waals surface area contributed by atoms with Crippen LogP contribution in [0.4, 0.5) is 18.9 Å². The number of hydrogen-bond acceptors (Lipinski definition) is 3. The van der Waals surface area contributed by atoms with Crippen molar-refractivity contribution in [2.24, 2.45) is 0 Å². The third-order valence-electron chi connectivity index (χ3n) is 3.91. The first kappa shape index (κ1) is 22.0. The second-order valence-corrected chi connectivity index (χ2v) is 8.45. The maximum atomic E-state index is 13.0. The van der Waals surface area contributed by atoms with Crippen LogP contribution >= 0.6 is 11.6 Å². The first-order chi connectivity index (χ1) is 12.9. The monoisotopic (exact) mass is 434 g/mol. The Labute approximate surface area is 166 Å². The summed E-state index contributed by atoms with van der Waals surface area (Å²) in [6, 6.07) is 10.8. The average molecular weight is 435 g/mol. The summed E-state index contributed by atoms with van der Waals surface area (Å²) >= 11 is 5.93. The van der Waals surface area contributed by atoms with Crippen molar-refractivity contribution >= 4 is 33.2 Å². The Morgan fingerprint density at radius 1 is 1.18 bits per heavy atom. The van der Waals surface area contributed by atoms with Crippen molar-refractivity contribution in [1.29, 1.82) is 0 Å². The molecule has 2 aromatic carbocycles. The zero-order valence-corrected chi connectivity index (χ0v) is 16.6. The van der Waals surface area contributed by atoms with Gasteiger partial charge in [-0.05, 0) is 30.7 Å². The molecule has 2 aromatic rings. The lowest BCUT2D eigenvalue weighted by Gasteiger charge is -2.25. The van der Waals surface area contributed by atoms with Gasteiger partial charge in [0.2, 0.25) is 15.9 Å². The molecule has 1 atom stereocenters. The molecular formula is C18H18ClF3N2O3S. The third kappa shape index (κ3) is 5.62. The average Bonchev–Trinajstić information content (AvgIpc) is 2.59. The van der Waals surface area contributed by atoms with E-state index in [1.54, 1.807) is 37.3 Å². The van der Waals surface area contributed by atoms with Gasteiger partial charge < -0.3 is 5.32 Å². The van der Waals surface area contributed by atoms with Gasteiger partial charge in [0.1, 0.15) is 6.54 Å². The van der Waals surface area contributed by atoms with Gasteiger partial charge in [-0.1, -0.05) is 41.9 Å². The summed E-state index contributed by atoms with van der Waals surface area (Å²) < 4.78 is 63.8. The topological polar surface area (TPSA) is 66.5 Å². The van der Waals surface area contributed by atoms with Crippen LogP contribution in [0.25, 0.3) is 0 Å². The molecule has 10 heteroatoms. The number of carbonyl (C=O) groups is 1. The van der Waals surface area contributed by atoms with Gasteiger partial charge in [0, 0.05) is 0 Å². The zero-order chi connectivity index (χ0) is 21.1. The molecule has 2 rings (SSSR count). The highest BCUT2D eigenvalue weighted by Crippen LogP contribution is 2.36. The Kier molecular flexibility index (Phi) is 6.61. The Balaban J connectivity index is 2.30. The third-order valence-corrected chi connectivity index (χ3v) is 5.35. The molecule has 5 nitrogen and oxygen atoms in total. The number of sulfonamides is 1. The molecule has 0 aliphatic heterocycles. The number of carbonyl (C=O) groups excluding carboxylic acids is 1. The van der Waals surface area contributed by atoms with E-state index < -0.39 is 45.9 Å². The van der Waals surface area contributed by atoms with E-state index in [4.69, 9.17) is 11.6 Å². The number of hydrogen-bond donors (Lipinski definition) is 1. The van der Waals surface area contributed by atoms with Gasteiger partial charge in [-0.25, -0.2) is 8.42 Å². The maximum absolute atomic E-state index is 13.0. The fraction of sp³-hybridized carbons (Fsp3) is 0.278. The summed E-state index contributed by atoms with van der Waals surface area (Å²) in [5.41, 5.74) is -0.695. The molecule has 0 aliphatic carbocycles. The maximum Gasteiger partial charge on any atom is 0.416 e. The van der Waals surface area contributed by atoms with E-state index >= 15 is 0 Å². The second kappa shape index (κ2) is 8.40. The van der Waals surface area contributed by atoms with Crippen molar-refractivity contribution in [3.8, 4) is 0 Å². The lowest BCUT2D eigenvalue weighted by atomic mass is 10.1. The van der Waals surface area contributed by atoms with Crippen LogP contribution < -0.4 is 9.62 Å². The van der Waals surface area contributed by atoms with Crippen molar-refractivity contribution in [3.05, 3.63) is 64.7 Å². The van der Waals surface area contributed by atoms with Crippen LogP contribution in [-0.4, -0.2) is 27.1 Å². The normalized spacial score (nSPS) is 13.1. The van der Waals surface area contributed by atoms with Gasteiger partial charge in [-0.3, -0.25) is 9.10 Å². The van der Waals surface area contributed by atoms with Gasteiger partial charge in [0.05, 0.1) is 28.6 Å². The summed E-state index contributed by atoms with van der Waals surface area (Å²) in [5.74, 6) is -0.685. The predicted octanol–water partition coefficient (Wildman–Crippen LogP) is 4.00. The number of nitrogens with one attached hydrogen (secondary N) is 1. The van der Waals surface area contributed by atoms with E-state index in [1.807, 2.05) is 0 Å². The van der Waals surface area contributed by atoms with Crippen LogP contribution in [0.15, 0.2) is 48.5 Å². The molecule has 0 unspecified atom stereocenters. The Bertz CT molecular complexity index is 950. The number of alkyl halides is 3. The largest absolute Gasteiger partial charge is 0.416 e. The van der Waals surface area contributed by atoms with E-state index in [2.05, 4.69) is 5.32 Å². The Hall–Kier alpha value is -2.26. The molecule has 1 amide bonds. The Morgan fingerprint density at radius 2 is 1.79 bits per heavy atom. The Morgan fingerprint density at radius 3 is 2.32 bits per heavy atom. The number of amides is 1. The summed E-state index contributed by atoms with van der Waals surface area (Å²) in [7, 11) is -4.08. The highest BCUT2D eigenvalue weighted by Gasteiger charge is 2.33. The number of nitrogens with zero attached hydrogens (tertiary/aromatic N) is 1. The molecule has 0 radical (unpaired) electrons. The lowest BCUT2D eigenvalue weighted by Crippen LogP contribution is -2.41. The minimum Gasteiger partial charge on any atom is -0.348 e. The van der Waals surface area contributed by atoms with Crippen LogP contribution in [0.2, 0.25) is 5.02 Å². The van der Waals surface area contributed by atoms with Gasteiger partial charge >= 0.3 is 6.18 Å². The first-order valence-electron chi connectivity index (χ1n) is 8.08. The van der Waals surface area contributed by atoms with Crippen LogP contribution in [0.3, 0.4) is 0 Å². The van der Waals surface area contributed by atoms with Crippen molar-refractivity contribution in [2.75, 3.05) is 17.1 Å². The number of halogens is 4. The minimum atomic E-state index is -4.69. The fourth-order valence-electron chi connectivity index (χ4n) is 2.50. The van der Waals surface area contributed by atoms with Crippen LogP contribution in [0.1, 0.15) is 24.1 Å². The number of benzene rings is 2. The summed E-state index contributed by atoms with van der Waals surface area (Å²) in [4.78, 5) is 12.4. The quantitative estimate of drug-likeness (QED) is 0.747. The highest BCUT2D eigenvalue weighted by molar-refractivity contribution is 7.92. The standard InChI is InChI=1S/C18H18ClF3N2O3S/c1-12(13-6-4-3-5-7-13)23-17(25)11-24(28(2,26)27)16-10-14(18(20,21)22)8-9-15(16)19/h3-10,12H,11H2,1-2H3,(H,23,25)/t12-/m1/s1. The van der Waals surface area contributed by atoms with Crippen LogP contribution in [0, 0.1) is 0 Å². The summed E-state index contributed by atoms with van der Waals surface area (Å²) in [6.07, 6.45) is -3.90. The van der Waals surface area contributed by atoms with Crippen molar-refractivity contribution in [2.45, 2.75) is 19.1 Å². The van der Waals surface area contributed by atoms with Crippen molar-refractivity contribution in [1.82, 2.24) is 5.32 Å². The molecule has 0 spiro atoms. The van der Waals surface area contributed by atoms with E-state index in [9.17, 15) is 26.4 Å². The molecule has 0 saturated heterocycles. The smallest absolute Gasteiger partial charge is 0.348 e. The predicted molar refractivity (Wildman–Crippen MR) is 102 cm³/mol. The molecular weight excluding hydrogens is 417 g/mol. The summed E-state index contributed by atoms with van der Waals surface area (Å²) in [5, 5.41) is 2.40. The minimum absolute atomic E-state index is 0.220. The van der Waals surface area contributed by atoms with Crippen LogP contribution in [0.5, 0.6) is 0 Å². The SMILES string of the molecule is C[C@@H](NC(=O)CN(c1cc(C(F)(F)F)ccc1Cl)S(C)(=O)=O)c1ccccc1. The lowest BCUT2D eigenvalue weighted by molar-refractivity contribution is -0.137. The van der Waals surface area contributed by atoms with Crippen molar-refractivity contribution in [3.63, 3.8) is 0 Å². The molecule has 1 N–H and O–H groups in total. The van der Waals surface area contributed by atoms with Crippen molar-refractivity contribution < 1.29 is 26.4 Å². The van der Waals surface area contributed by atoms with Gasteiger partial charge in [-0.2, -0.15) is 13.2 Å². The molecule has 0 fully saturated rings. The number of rotatable bonds is 6. The molecule has 0 bridgehead atoms. The second-order valence-electron chi connectivity index (χ2n) is 6.13. The fourth-order valence-corrected chi connectivity index (χ4v) is 3.63. The van der Waals surface area contributed by atoms with Gasteiger partial charge in [0.25, 0.3) is 0 Å². The molecule has 152 valence electrons. The molecule has 28 heavy (non-hydrogen) atoms. The van der Waals surface area contributed by atoms with Gasteiger partial charge in [-0.15, -0.1) is 0 Å². The van der Waals surface area contributed by atoms with E-state index in [0.717, 1.165) is 24.0 Å². The summed E-state index contributed by atoms with van der Waals surface area (Å²) in [6.45, 7) is 0.992. The van der Waals surface area contributed by atoms with Gasteiger partial charge in [0.15, 0.2) is 0 Å². The first-order valence-corrected chi connectivity index (χ1v) is 10.3. The zero-order valence-electron chi connectivity index (χ0n) is 15.0. The van der Waals surface area contributed by atoms with E-state index in [1.165, 1.54) is 0 Å². The molecule has 0 aromatic heterocycles. The molecule has 0 heterocycles. The number of anilines is 1.